The molecule has 0 heterocycles. The van der Waals surface area contributed by atoms with E-state index in [1.165, 1.54) is 53.0 Å². The molecule has 0 radical (unpaired) electrons. The van der Waals surface area contributed by atoms with E-state index in [2.05, 4.69) is 80.3 Å². The third-order valence-corrected chi connectivity index (χ3v) is 43.9. The van der Waals surface area contributed by atoms with Crippen LogP contribution in [0.4, 0.5) is 13.2 Å². The largest absolute Gasteiger partial charge is 0.534 e. The Bertz CT molecular complexity index is 5410. The van der Waals surface area contributed by atoms with Crippen LogP contribution in [0.1, 0.15) is 299 Å². The number of Topliss-reactive ketones (excluding diaryl/α,β-unsaturated/α-hetero) is 6. The van der Waals surface area contributed by atoms with Crippen LogP contribution < -0.4 is 0 Å². The lowest BCUT2D eigenvalue weighted by molar-refractivity contribution is -0.194. The van der Waals surface area contributed by atoms with Crippen molar-refractivity contribution in [2.24, 2.45) is 151 Å². The predicted molar refractivity (Wildman–Crippen MR) is 497 cm³/mol. The molecule has 134 heavy (non-hydrogen) atoms. The van der Waals surface area contributed by atoms with Gasteiger partial charge >= 0.3 is 33.5 Å². The molecule has 744 valence electrons. The van der Waals surface area contributed by atoms with Crippen LogP contribution in [-0.4, -0.2) is 160 Å². The molecule has 0 aromatic carbocycles. The van der Waals surface area contributed by atoms with Gasteiger partial charge in [0.05, 0.1) is 112 Å². The summed E-state index contributed by atoms with van der Waals surface area (Å²) < 4.78 is 109. The summed E-state index contributed by atoms with van der Waals surface area (Å²) in [6.07, 6.45) is 21.2. The number of ketones is 9. The molecule has 0 bridgehead atoms. The van der Waals surface area contributed by atoms with Crippen LogP contribution in [0.3, 0.4) is 0 Å². The van der Waals surface area contributed by atoms with E-state index in [1.54, 1.807) is 31.4 Å². The number of aliphatic hydroxyl groups excluding tert-OH is 3. The van der Waals surface area contributed by atoms with E-state index in [9.17, 15) is 103 Å². The fourth-order valence-electron chi connectivity index (χ4n) is 32.0. The molecule has 23 nitrogen and oxygen atoms in total. The predicted octanol–water partition coefficient (Wildman–Crippen LogP) is 17.7. The maximum Gasteiger partial charge on any atom is 0.534 e. The molecule has 15 rings (SSSR count). The van der Waals surface area contributed by atoms with Gasteiger partial charge in [0, 0.05) is 23.2 Å². The molecule has 0 saturated heterocycles. The normalized spacial score (nSPS) is 43.7. The average molecular weight is 1930 g/mol. The molecule has 0 aromatic heterocycles. The number of hydrogen-bond acceptors (Lipinski definition) is 24. The zero-order valence-corrected chi connectivity index (χ0v) is 85.7. The fraction of sp³-hybridized carbons (Fsp3) is 0.771. The Hall–Kier alpha value is -6.40. The second-order valence-electron chi connectivity index (χ2n) is 48.5. The highest BCUT2D eigenvalue weighted by atomic mass is 32.2. The van der Waals surface area contributed by atoms with Gasteiger partial charge in [-0.3, -0.25) is 57.5 Å². The number of ether oxygens (including phenoxy) is 3. The Morgan fingerprint density at radius 1 is 0.418 bits per heavy atom. The van der Waals surface area contributed by atoms with Crippen LogP contribution in [0.15, 0.2) is 68.7 Å². The summed E-state index contributed by atoms with van der Waals surface area (Å²) in [6.45, 7) is 38.2. The van der Waals surface area contributed by atoms with Gasteiger partial charge in [-0.1, -0.05) is 110 Å². The zero-order chi connectivity index (χ0) is 100. The lowest BCUT2D eigenvalue weighted by atomic mass is 9.33. The fourth-order valence-corrected chi connectivity index (χ4v) is 34.6. The van der Waals surface area contributed by atoms with E-state index in [4.69, 9.17) is 14.2 Å². The molecule has 0 aliphatic heterocycles. The number of fused-ring (bicyclic) bond motifs is 21. The van der Waals surface area contributed by atoms with E-state index in [-0.39, 0.29) is 117 Å². The minimum atomic E-state index is -6.19. The molecule has 15 aliphatic rings. The summed E-state index contributed by atoms with van der Waals surface area (Å²) in [6, 6.07) is 0. The summed E-state index contributed by atoms with van der Waals surface area (Å²) in [5.74, 6) is -8.12. The van der Waals surface area contributed by atoms with E-state index in [1.807, 2.05) is 34.6 Å². The van der Waals surface area contributed by atoms with Crippen molar-refractivity contribution in [3.63, 3.8) is 0 Å². The van der Waals surface area contributed by atoms with Gasteiger partial charge in [-0.25, -0.2) is 8.42 Å². The van der Waals surface area contributed by atoms with E-state index in [0.717, 1.165) is 68.1 Å². The number of rotatable bonds is 16. The van der Waals surface area contributed by atoms with Gasteiger partial charge in [0.25, 0.3) is 0 Å². The first-order valence-corrected chi connectivity index (χ1v) is 53.0. The first kappa shape index (κ1) is 105. The molecule has 3 N–H and O–H groups in total. The highest BCUT2D eigenvalue weighted by Gasteiger charge is 2.79. The third-order valence-electron chi connectivity index (χ3n) is 40.6. The number of carbonyl (C=O) groups is 12. The van der Waals surface area contributed by atoms with Crippen molar-refractivity contribution in [2.45, 2.75) is 305 Å². The topological polar surface area (TPSA) is 371 Å². The van der Waals surface area contributed by atoms with E-state index < -0.39 is 184 Å². The van der Waals surface area contributed by atoms with Crippen LogP contribution in [0.5, 0.6) is 0 Å². The molecule has 29 heteroatoms. The molecule has 24 atom stereocenters. The smallest absolute Gasteiger partial charge is 0.469 e. The Balaban J connectivity index is 0.000000171. The zero-order valence-electron chi connectivity index (χ0n) is 83.2. The summed E-state index contributed by atoms with van der Waals surface area (Å²) in [5, 5.41) is 34.6. The minimum absolute atomic E-state index is 0.00535. The Morgan fingerprint density at radius 2 is 0.709 bits per heavy atom. The molecule has 0 spiro atoms. The summed E-state index contributed by atoms with van der Waals surface area (Å²) in [5.41, 5.74) is -19.6. The number of esters is 3. The van der Waals surface area contributed by atoms with Crippen LogP contribution in [0.25, 0.3) is 0 Å². The van der Waals surface area contributed by atoms with Gasteiger partial charge in [0.1, 0.15) is 6.26 Å². The maximum atomic E-state index is 14.7. The number of halogens is 3. The van der Waals surface area contributed by atoms with Crippen LogP contribution in [-0.2, 0) is 95.9 Å². The minimum Gasteiger partial charge on any atom is -0.469 e. The number of methoxy groups -OCH3 is 3. The number of sulfone groups is 1. The maximum absolute atomic E-state index is 14.7. The first-order valence-electron chi connectivity index (χ1n) is 48.8. The molecular formula is C105H147F3O23S3. The van der Waals surface area contributed by atoms with Gasteiger partial charge in [0.15, 0.2) is 61.9 Å². The average Bonchev–Trinajstić information content (AvgIpc) is 0.670. The number of carbonyl (C=O) groups excluding carboxylic acids is 12. The van der Waals surface area contributed by atoms with Crippen LogP contribution >= 0.6 is 11.8 Å². The van der Waals surface area contributed by atoms with Crippen molar-refractivity contribution < 1.29 is 121 Å². The molecule has 12 saturated carbocycles. The number of thioether (sulfide) groups is 1. The lowest BCUT2D eigenvalue weighted by Crippen LogP contribution is -2.68. The van der Waals surface area contributed by atoms with Crippen molar-refractivity contribution >= 4 is 102 Å². The van der Waals surface area contributed by atoms with E-state index >= 15 is 0 Å². The lowest BCUT2D eigenvalue weighted by Gasteiger charge is -2.69. The highest BCUT2D eigenvalue weighted by molar-refractivity contribution is 8.02. The molecule has 0 amide bonds. The van der Waals surface area contributed by atoms with Crippen molar-refractivity contribution in [1.29, 1.82) is 0 Å². The van der Waals surface area contributed by atoms with Gasteiger partial charge in [-0.05, 0) is 320 Å². The van der Waals surface area contributed by atoms with Gasteiger partial charge in [-0.2, -0.15) is 21.6 Å². The molecule has 12 fully saturated rings. The van der Waals surface area contributed by atoms with Crippen LogP contribution in [0, 0.1) is 151 Å². The van der Waals surface area contributed by atoms with Crippen molar-refractivity contribution in [2.75, 3.05) is 52.7 Å². The standard InChI is InChI=1S/C36H52O8S.C36H52O6S.C33H43F3O9S/c1-9-10-17-45(42,43)20-22-28(39)32(4,21-37)25-11-12-33(5)26(35(25,7)29(22)40)18-24(38)27-23-19-31(2,3)13-15-36(23,30(41)44-8)16-14-34(27,33)6;1-9-10-17-43-20-22-28(39)32(4,21-37)25-11-12-33(5)26(35(25,7)29(22)40)18-24(38)27-23-19-31(2,3)13-15-36(23,30(41)42-8)16-14-34(27,33)6;1-27(2)10-12-32(26(41)44-7)13-11-30(5)23(19(32)15-27)20(38)14-22-29(30,4)9-8-21-28(3,17-37)24(39)18(25(40)31(21,22)6)16-45-46(42,43)33(34,35)36/h18,20,23,25,27,37H,9-17,19,21H2,1-8H3;18,20,23,25,27,37H,9-17,19,21H2,1-8H3;14,16,19,21,23,37H,8-13,15,17H2,1-7H3/b2*22-20-;18-16-/t2*23-,25-,27-,32+,33+,34+,35-,36-;19-,21-,23-,28+,29+,30+,31-,32-/m000/s1. The Morgan fingerprint density at radius 3 is 1.01 bits per heavy atom. The van der Waals surface area contributed by atoms with Gasteiger partial charge in [-0.15, -0.1) is 11.8 Å². The van der Waals surface area contributed by atoms with Crippen molar-refractivity contribution in [3.05, 3.63) is 68.7 Å². The summed E-state index contributed by atoms with van der Waals surface area (Å²) >= 11 is 1.49. The Kier molecular flexibility index (Phi) is 26.8. The summed E-state index contributed by atoms with van der Waals surface area (Å²) in [4.78, 5) is 169. The Labute approximate surface area is 794 Å². The first-order chi connectivity index (χ1) is 61.7. The number of alkyl halides is 3. The quantitative estimate of drug-likeness (QED) is 0.0189. The number of aliphatic hydroxyl groups is 3. The molecule has 0 unspecified atom stereocenters. The highest BCUT2D eigenvalue weighted by Crippen LogP contribution is 2.80. The number of unbranched alkanes of at least 4 members (excludes halogenated alkanes) is 2. The molecule has 15 aliphatic carbocycles. The molecular weight excluding hydrogens is 1780 g/mol. The number of allylic oxidation sites excluding steroid dienone is 9. The van der Waals surface area contributed by atoms with Gasteiger partial charge < -0.3 is 33.7 Å². The number of hydrogen-bond donors (Lipinski definition) is 3. The van der Waals surface area contributed by atoms with Gasteiger partial charge in [0.2, 0.25) is 0 Å². The third kappa shape index (κ3) is 14.7. The van der Waals surface area contributed by atoms with E-state index in [0.29, 0.717) is 114 Å². The van der Waals surface area contributed by atoms with Crippen LogP contribution in [0.2, 0.25) is 0 Å². The monoisotopic (exact) mass is 1930 g/mol. The van der Waals surface area contributed by atoms with Crippen molar-refractivity contribution in [1.82, 2.24) is 0 Å². The molecule has 0 aromatic rings. The SMILES string of the molecule is CCCCS(=O)(=O)/C=C1\C(=O)[C@]2(C)C3=CC(=O)[C@@H]4[C@@H]5CC(C)(C)CC[C@]5(C(=O)OC)CC[C@@]4(C)[C@]3(C)CC[C@H]2[C@@](C)(CO)C1=O.CCCCS/C=C1\C(=O)[C@]2(C)C3=CC(=O)[C@@H]4[C@@H]5CC(C)(C)CC[C@]5(C(=O)OC)CC[C@@]4(C)[C@]3(C)CC[C@H]2[C@@](C)(CO)C1=O.COC(=O)[C@]12CCC(C)(C)C[C@H]1[C@H]1C(=O)C=C3[C@@]4(C)C(=O)/C(=C\OS(=O)(=O)C(F)(F)F)C(=O)[C@](C)(CO)[C@@H]4CC[C@@]3(C)[C@]1(C)CC2. The van der Waals surface area contributed by atoms with Crippen molar-refractivity contribution in [3.8, 4) is 0 Å². The summed E-state index contributed by atoms with van der Waals surface area (Å²) in [7, 11) is -5.82. The second-order valence-corrected chi connectivity index (χ2v) is 53.1. The second kappa shape index (κ2) is 34.2.